The topological polar surface area (TPSA) is 66.0 Å². The Balaban J connectivity index is 1.56. The molecule has 0 amide bonds. The van der Waals surface area contributed by atoms with Crippen molar-refractivity contribution < 1.29 is 13.2 Å². The highest BCUT2D eigenvalue weighted by molar-refractivity contribution is 7.89. The number of hydrogen-bond donors (Lipinski definition) is 0. The molecule has 152 valence electrons. The third-order valence-corrected chi connectivity index (χ3v) is 6.86. The van der Waals surface area contributed by atoms with E-state index in [1.54, 1.807) is 24.3 Å². The normalized spacial score (nSPS) is 16.1. The first-order chi connectivity index (χ1) is 13.4. The van der Waals surface area contributed by atoms with Gasteiger partial charge in [0.25, 0.3) is 0 Å². The number of likely N-dealkylation sites (N-methyl/N-ethyl adjacent to an activating group) is 2. The molecule has 1 aromatic carbocycles. The first-order valence-electron chi connectivity index (χ1n) is 9.10. The molecule has 7 nitrogen and oxygen atoms in total. The van der Waals surface area contributed by atoms with Crippen LogP contribution >= 0.6 is 11.6 Å². The van der Waals surface area contributed by atoms with E-state index in [4.69, 9.17) is 16.3 Å². The first kappa shape index (κ1) is 20.9. The molecule has 0 radical (unpaired) electrons. The highest BCUT2D eigenvalue weighted by Crippen LogP contribution is 2.19. The van der Waals surface area contributed by atoms with Gasteiger partial charge in [0.2, 0.25) is 10.0 Å². The van der Waals surface area contributed by atoms with Crippen LogP contribution in [0.4, 0.5) is 5.82 Å². The number of piperazine rings is 1. The fourth-order valence-corrected chi connectivity index (χ4v) is 4.37. The zero-order chi connectivity index (χ0) is 20.1. The molecule has 0 saturated carbocycles. The Morgan fingerprint density at radius 3 is 2.39 bits per heavy atom. The van der Waals surface area contributed by atoms with E-state index in [0.29, 0.717) is 37.1 Å². The second kappa shape index (κ2) is 9.09. The van der Waals surface area contributed by atoms with Crippen molar-refractivity contribution in [2.45, 2.75) is 4.90 Å². The molecule has 0 spiro atoms. The minimum atomic E-state index is -3.49. The number of anilines is 1. The van der Waals surface area contributed by atoms with Gasteiger partial charge in [0.05, 0.1) is 6.54 Å². The van der Waals surface area contributed by atoms with Gasteiger partial charge in [-0.15, -0.1) is 0 Å². The smallest absolute Gasteiger partial charge is 0.244 e. The summed E-state index contributed by atoms with van der Waals surface area (Å²) in [6.45, 7) is 3.56. The molecule has 2 heterocycles. The summed E-state index contributed by atoms with van der Waals surface area (Å²) >= 11 is 5.86. The van der Waals surface area contributed by atoms with Crippen LogP contribution in [0.5, 0.6) is 5.75 Å². The van der Waals surface area contributed by atoms with E-state index in [0.717, 1.165) is 18.8 Å². The number of aromatic nitrogens is 1. The van der Waals surface area contributed by atoms with Crippen molar-refractivity contribution in [2.24, 2.45) is 0 Å². The summed E-state index contributed by atoms with van der Waals surface area (Å²) in [4.78, 5) is 8.60. The average molecular weight is 425 g/mol. The fraction of sp³-hybridized carbons (Fsp3) is 0.421. The zero-order valence-electron chi connectivity index (χ0n) is 16.1. The number of rotatable bonds is 7. The van der Waals surface area contributed by atoms with Crippen molar-refractivity contribution >= 4 is 27.4 Å². The molecule has 0 unspecified atom stereocenters. The number of halogens is 1. The van der Waals surface area contributed by atoms with Crippen LogP contribution in [0.1, 0.15) is 0 Å². The fourth-order valence-electron chi connectivity index (χ4n) is 2.87. The zero-order valence-corrected chi connectivity index (χ0v) is 17.7. The van der Waals surface area contributed by atoms with E-state index in [9.17, 15) is 8.42 Å². The third-order valence-electron chi connectivity index (χ3n) is 4.72. The molecule has 0 aliphatic carbocycles. The summed E-state index contributed by atoms with van der Waals surface area (Å²) in [6, 6.07) is 10.5. The Morgan fingerprint density at radius 1 is 1.11 bits per heavy atom. The van der Waals surface area contributed by atoms with Crippen LogP contribution < -0.4 is 9.64 Å². The molecule has 1 fully saturated rings. The Morgan fingerprint density at radius 2 is 1.79 bits per heavy atom. The monoisotopic (exact) mass is 424 g/mol. The molecule has 1 aliphatic rings. The number of sulfonamides is 1. The van der Waals surface area contributed by atoms with Crippen LogP contribution in [-0.2, 0) is 10.0 Å². The number of benzene rings is 1. The summed E-state index contributed by atoms with van der Waals surface area (Å²) in [5.41, 5.74) is 0. The number of nitrogens with zero attached hydrogens (tertiary/aromatic N) is 4. The van der Waals surface area contributed by atoms with Crippen molar-refractivity contribution in [1.29, 1.82) is 0 Å². The minimum Gasteiger partial charge on any atom is -0.492 e. The summed E-state index contributed by atoms with van der Waals surface area (Å²) in [7, 11) is 0.390. The Kier molecular flexibility index (Phi) is 6.77. The van der Waals surface area contributed by atoms with Gasteiger partial charge in [-0.2, -0.15) is 4.31 Å². The predicted octanol–water partition coefficient (Wildman–Crippen LogP) is 2.19. The first-order valence-corrected chi connectivity index (χ1v) is 10.9. The quantitative estimate of drug-likeness (QED) is 0.678. The lowest BCUT2D eigenvalue weighted by molar-refractivity contribution is 0.222. The lowest BCUT2D eigenvalue weighted by Gasteiger charge is -2.31. The van der Waals surface area contributed by atoms with E-state index >= 15 is 0 Å². The summed E-state index contributed by atoms with van der Waals surface area (Å²) in [6.07, 6.45) is 1.43. The standard InChI is InChI=1S/C19H25ClN4O3S/c1-22-9-11-24(12-10-22)28(25,26)18-7-8-19(21-15-18)23(2)13-14-27-17-5-3-16(20)4-6-17/h3-8,15H,9-14H2,1-2H3. The largest absolute Gasteiger partial charge is 0.492 e. The predicted molar refractivity (Wildman–Crippen MR) is 111 cm³/mol. The van der Waals surface area contributed by atoms with Gasteiger partial charge in [-0.05, 0) is 43.4 Å². The van der Waals surface area contributed by atoms with Crippen LogP contribution in [-0.4, -0.2) is 76.0 Å². The number of pyridine rings is 1. The third kappa shape index (κ3) is 5.14. The van der Waals surface area contributed by atoms with Gasteiger partial charge in [-0.25, -0.2) is 13.4 Å². The SMILES string of the molecule is CN1CCN(S(=O)(=O)c2ccc(N(C)CCOc3ccc(Cl)cc3)nc2)CC1. The van der Waals surface area contributed by atoms with E-state index in [1.165, 1.54) is 10.5 Å². The minimum absolute atomic E-state index is 0.228. The summed E-state index contributed by atoms with van der Waals surface area (Å²) < 4.78 is 32.7. The maximum Gasteiger partial charge on any atom is 0.244 e. The van der Waals surface area contributed by atoms with E-state index in [2.05, 4.69) is 9.88 Å². The van der Waals surface area contributed by atoms with Crippen molar-refractivity contribution in [3.63, 3.8) is 0 Å². The van der Waals surface area contributed by atoms with Gasteiger partial charge in [0, 0.05) is 44.4 Å². The van der Waals surface area contributed by atoms with Gasteiger partial charge in [0.1, 0.15) is 23.1 Å². The molecule has 0 bridgehead atoms. The molecule has 1 saturated heterocycles. The second-order valence-corrected chi connectivity index (χ2v) is 9.16. The molecular formula is C19H25ClN4O3S. The van der Waals surface area contributed by atoms with Gasteiger partial charge in [0.15, 0.2) is 0 Å². The molecule has 1 aromatic heterocycles. The highest BCUT2D eigenvalue weighted by atomic mass is 35.5. The van der Waals surface area contributed by atoms with Crippen molar-refractivity contribution in [3.8, 4) is 5.75 Å². The Bertz CT molecular complexity index is 867. The summed E-state index contributed by atoms with van der Waals surface area (Å²) in [5.74, 6) is 1.44. The van der Waals surface area contributed by atoms with Crippen molar-refractivity contribution in [3.05, 3.63) is 47.6 Å². The van der Waals surface area contributed by atoms with E-state index in [-0.39, 0.29) is 4.90 Å². The summed E-state index contributed by atoms with van der Waals surface area (Å²) in [5, 5.41) is 0.667. The van der Waals surface area contributed by atoms with Gasteiger partial charge in [-0.3, -0.25) is 0 Å². The maximum atomic E-state index is 12.8. The van der Waals surface area contributed by atoms with Crippen molar-refractivity contribution in [1.82, 2.24) is 14.2 Å². The van der Waals surface area contributed by atoms with E-state index < -0.39 is 10.0 Å². The molecule has 3 rings (SSSR count). The lowest BCUT2D eigenvalue weighted by atomic mass is 10.3. The molecule has 28 heavy (non-hydrogen) atoms. The van der Waals surface area contributed by atoms with E-state index in [1.807, 2.05) is 31.1 Å². The van der Waals surface area contributed by atoms with Gasteiger partial charge >= 0.3 is 0 Å². The number of ether oxygens (including phenoxy) is 1. The molecule has 0 N–H and O–H groups in total. The van der Waals surface area contributed by atoms with Crippen LogP contribution in [0, 0.1) is 0 Å². The molecular weight excluding hydrogens is 400 g/mol. The van der Waals surface area contributed by atoms with Crippen LogP contribution in [0.2, 0.25) is 5.02 Å². The van der Waals surface area contributed by atoms with Crippen LogP contribution in [0.3, 0.4) is 0 Å². The van der Waals surface area contributed by atoms with Gasteiger partial charge < -0.3 is 14.5 Å². The van der Waals surface area contributed by atoms with Gasteiger partial charge in [-0.1, -0.05) is 11.6 Å². The second-order valence-electron chi connectivity index (χ2n) is 6.78. The number of hydrogen-bond acceptors (Lipinski definition) is 6. The maximum absolute atomic E-state index is 12.8. The molecule has 0 atom stereocenters. The van der Waals surface area contributed by atoms with Crippen LogP contribution in [0.25, 0.3) is 0 Å². The van der Waals surface area contributed by atoms with Crippen LogP contribution in [0.15, 0.2) is 47.5 Å². The lowest BCUT2D eigenvalue weighted by Crippen LogP contribution is -2.47. The van der Waals surface area contributed by atoms with Crippen molar-refractivity contribution in [2.75, 3.05) is 58.3 Å². The average Bonchev–Trinajstić information content (AvgIpc) is 2.70. The highest BCUT2D eigenvalue weighted by Gasteiger charge is 2.27. The molecule has 1 aliphatic heterocycles. The Hall–Kier alpha value is -1.87. The molecule has 2 aromatic rings. The Labute approximate surface area is 171 Å². The molecule has 9 heteroatoms.